The van der Waals surface area contributed by atoms with Gasteiger partial charge in [-0.3, -0.25) is 9.59 Å². The van der Waals surface area contributed by atoms with Crippen molar-refractivity contribution < 1.29 is 14.3 Å². The monoisotopic (exact) mass is 411 g/mol. The van der Waals surface area contributed by atoms with Crippen molar-refractivity contribution in [3.63, 3.8) is 0 Å². The highest BCUT2D eigenvalue weighted by molar-refractivity contribution is 7.99. The van der Waals surface area contributed by atoms with Gasteiger partial charge in [0.2, 0.25) is 0 Å². The molecule has 0 saturated heterocycles. The molecule has 0 heterocycles. The maximum absolute atomic E-state index is 11.7. The molecule has 26 heavy (non-hydrogen) atoms. The molecule has 0 unspecified atom stereocenters. The molecule has 2 rings (SSSR count). The van der Waals surface area contributed by atoms with Crippen LogP contribution in [0, 0.1) is 0 Å². The fourth-order valence-corrected chi connectivity index (χ4v) is 3.33. The lowest BCUT2D eigenvalue weighted by Crippen LogP contribution is -2.30. The number of esters is 1. The van der Waals surface area contributed by atoms with Crippen LogP contribution in [0.25, 0.3) is 0 Å². The van der Waals surface area contributed by atoms with Crippen LogP contribution in [0.3, 0.4) is 0 Å². The van der Waals surface area contributed by atoms with E-state index in [-0.39, 0.29) is 18.3 Å². The van der Waals surface area contributed by atoms with Gasteiger partial charge in [0.15, 0.2) is 6.61 Å². The van der Waals surface area contributed by atoms with Gasteiger partial charge in [0.1, 0.15) is 0 Å². The van der Waals surface area contributed by atoms with Crippen LogP contribution >= 0.6 is 35.0 Å². The first kappa shape index (κ1) is 20.6. The van der Waals surface area contributed by atoms with E-state index in [1.807, 2.05) is 36.4 Å². The number of nitrogens with one attached hydrogen (secondary N) is 1. The summed E-state index contributed by atoms with van der Waals surface area (Å²) in [4.78, 5) is 23.4. The summed E-state index contributed by atoms with van der Waals surface area (Å²) in [5, 5.41) is 4.07. The zero-order chi connectivity index (χ0) is 18.8. The molecule has 0 aliphatic heterocycles. The molecule has 7 heteroatoms. The Morgan fingerprint density at radius 3 is 2.50 bits per heavy atom. The number of ether oxygens (including phenoxy) is 1. The quantitative estimate of drug-likeness (QED) is 0.630. The van der Waals surface area contributed by atoms with Gasteiger partial charge in [-0.2, -0.15) is 0 Å². The zero-order valence-corrected chi connectivity index (χ0v) is 16.4. The Balaban J connectivity index is 1.57. The van der Waals surface area contributed by atoms with Crippen LogP contribution in [0.4, 0.5) is 0 Å². The van der Waals surface area contributed by atoms with E-state index in [1.54, 1.807) is 12.1 Å². The Hall–Kier alpha value is -1.69. The Bertz CT molecular complexity index is 738. The average molecular weight is 412 g/mol. The SMILES string of the molecule is O=C(COC(=O)CSCc1ccccc1Cl)NCCc1ccc(Cl)cc1. The Morgan fingerprint density at radius 2 is 1.77 bits per heavy atom. The molecule has 1 amide bonds. The van der Waals surface area contributed by atoms with E-state index < -0.39 is 5.97 Å². The first-order chi connectivity index (χ1) is 12.5. The topological polar surface area (TPSA) is 55.4 Å². The second kappa shape index (κ2) is 11.1. The number of carbonyl (C=O) groups is 2. The van der Waals surface area contributed by atoms with Gasteiger partial charge in [-0.15, -0.1) is 11.8 Å². The van der Waals surface area contributed by atoms with Crippen molar-refractivity contribution >= 4 is 46.8 Å². The molecule has 1 N–H and O–H groups in total. The van der Waals surface area contributed by atoms with Crippen LogP contribution in [0.2, 0.25) is 10.0 Å². The Labute approximate surface area is 167 Å². The number of amides is 1. The van der Waals surface area contributed by atoms with Gasteiger partial charge in [0, 0.05) is 22.3 Å². The van der Waals surface area contributed by atoms with Crippen LogP contribution in [0.15, 0.2) is 48.5 Å². The fraction of sp³-hybridized carbons (Fsp3) is 0.263. The smallest absolute Gasteiger partial charge is 0.316 e. The molecule has 0 bridgehead atoms. The first-order valence-corrected chi connectivity index (χ1v) is 9.93. The molecule has 0 aromatic heterocycles. The summed E-state index contributed by atoms with van der Waals surface area (Å²) in [7, 11) is 0. The van der Waals surface area contributed by atoms with Gasteiger partial charge in [0.25, 0.3) is 5.91 Å². The van der Waals surface area contributed by atoms with Gasteiger partial charge in [0.05, 0.1) is 5.75 Å². The third kappa shape index (κ3) is 7.68. The van der Waals surface area contributed by atoms with E-state index in [2.05, 4.69) is 5.32 Å². The first-order valence-electron chi connectivity index (χ1n) is 8.02. The highest BCUT2D eigenvalue weighted by Crippen LogP contribution is 2.20. The van der Waals surface area contributed by atoms with Crippen molar-refractivity contribution in [3.8, 4) is 0 Å². The predicted octanol–water partition coefficient (Wildman–Crippen LogP) is 4.13. The number of thioether (sulfide) groups is 1. The minimum absolute atomic E-state index is 0.170. The van der Waals surface area contributed by atoms with Crippen molar-refractivity contribution in [1.29, 1.82) is 0 Å². The van der Waals surface area contributed by atoms with Crippen molar-refractivity contribution in [3.05, 3.63) is 69.7 Å². The summed E-state index contributed by atoms with van der Waals surface area (Å²) in [6, 6.07) is 14.9. The summed E-state index contributed by atoms with van der Waals surface area (Å²) in [5.74, 6) is 0.0454. The van der Waals surface area contributed by atoms with E-state index in [1.165, 1.54) is 11.8 Å². The maximum atomic E-state index is 11.7. The van der Waals surface area contributed by atoms with Crippen LogP contribution in [-0.2, 0) is 26.5 Å². The summed E-state index contributed by atoms with van der Waals surface area (Å²) in [6.45, 7) is 0.200. The molecule has 0 fully saturated rings. The maximum Gasteiger partial charge on any atom is 0.316 e. The number of rotatable bonds is 9. The van der Waals surface area contributed by atoms with Crippen molar-refractivity contribution in [2.24, 2.45) is 0 Å². The molecule has 138 valence electrons. The average Bonchev–Trinajstić information content (AvgIpc) is 2.63. The Morgan fingerprint density at radius 1 is 1.04 bits per heavy atom. The largest absolute Gasteiger partial charge is 0.455 e. The minimum Gasteiger partial charge on any atom is -0.455 e. The van der Waals surface area contributed by atoms with Crippen molar-refractivity contribution in [1.82, 2.24) is 5.32 Å². The lowest BCUT2D eigenvalue weighted by atomic mass is 10.1. The molecule has 4 nitrogen and oxygen atoms in total. The van der Waals surface area contributed by atoms with Crippen molar-refractivity contribution in [2.45, 2.75) is 12.2 Å². The van der Waals surface area contributed by atoms with Gasteiger partial charge < -0.3 is 10.1 Å². The molecule has 0 saturated carbocycles. The molecule has 0 aliphatic carbocycles. The number of carbonyl (C=O) groups excluding carboxylic acids is 2. The molecule has 0 spiro atoms. The van der Waals surface area contributed by atoms with Crippen molar-refractivity contribution in [2.75, 3.05) is 18.9 Å². The van der Waals surface area contributed by atoms with Crippen LogP contribution in [-0.4, -0.2) is 30.8 Å². The van der Waals surface area contributed by atoms with Crippen LogP contribution in [0.1, 0.15) is 11.1 Å². The molecule has 0 aliphatic rings. The van der Waals surface area contributed by atoms with E-state index in [9.17, 15) is 9.59 Å². The predicted molar refractivity (Wildman–Crippen MR) is 107 cm³/mol. The second-order valence-corrected chi connectivity index (χ2v) is 7.30. The summed E-state index contributed by atoms with van der Waals surface area (Å²) in [5.41, 5.74) is 2.04. The summed E-state index contributed by atoms with van der Waals surface area (Å²) in [6.07, 6.45) is 0.685. The van der Waals surface area contributed by atoms with E-state index in [0.29, 0.717) is 28.8 Å². The van der Waals surface area contributed by atoms with E-state index >= 15 is 0 Å². The standard InChI is InChI=1S/C19H19Cl2NO3S/c20-16-7-5-14(6-8-16)9-10-22-18(23)11-25-19(24)13-26-12-15-3-1-2-4-17(15)21/h1-8H,9-13H2,(H,22,23). The van der Waals surface area contributed by atoms with Crippen LogP contribution < -0.4 is 5.32 Å². The minimum atomic E-state index is -0.421. The normalized spacial score (nSPS) is 10.4. The molecule has 0 atom stereocenters. The zero-order valence-electron chi connectivity index (χ0n) is 14.0. The third-order valence-corrected chi connectivity index (χ3v) is 5.02. The summed E-state index contributed by atoms with van der Waals surface area (Å²) < 4.78 is 4.97. The Kier molecular flexibility index (Phi) is 8.81. The number of halogens is 2. The highest BCUT2D eigenvalue weighted by Gasteiger charge is 2.08. The number of benzene rings is 2. The third-order valence-electron chi connectivity index (χ3n) is 3.45. The molecule has 2 aromatic carbocycles. The van der Waals surface area contributed by atoms with E-state index in [0.717, 1.165) is 11.1 Å². The number of hydrogen-bond donors (Lipinski definition) is 1. The molecule has 2 aromatic rings. The lowest BCUT2D eigenvalue weighted by molar-refractivity contribution is -0.145. The van der Waals surface area contributed by atoms with Gasteiger partial charge in [-0.05, 0) is 35.7 Å². The van der Waals surface area contributed by atoms with Gasteiger partial charge >= 0.3 is 5.97 Å². The lowest BCUT2D eigenvalue weighted by Gasteiger charge is -2.07. The second-order valence-electron chi connectivity index (χ2n) is 5.47. The molecular formula is C19H19Cl2NO3S. The fourth-order valence-electron chi connectivity index (χ4n) is 2.10. The van der Waals surface area contributed by atoms with E-state index in [4.69, 9.17) is 27.9 Å². The van der Waals surface area contributed by atoms with Gasteiger partial charge in [-0.1, -0.05) is 53.5 Å². The summed E-state index contributed by atoms with van der Waals surface area (Å²) >= 11 is 13.3. The highest BCUT2D eigenvalue weighted by atomic mass is 35.5. The molecule has 0 radical (unpaired) electrons. The van der Waals surface area contributed by atoms with Crippen LogP contribution in [0.5, 0.6) is 0 Å². The molecular weight excluding hydrogens is 393 g/mol. The van der Waals surface area contributed by atoms with Gasteiger partial charge in [-0.25, -0.2) is 0 Å². The number of hydrogen-bond acceptors (Lipinski definition) is 4.